The molecule has 1 N–H and O–H groups in total. The Kier molecular flexibility index (Phi) is 7.25. The quantitative estimate of drug-likeness (QED) is 0.541. The van der Waals surface area contributed by atoms with E-state index < -0.39 is 5.97 Å². The van der Waals surface area contributed by atoms with Crippen molar-refractivity contribution in [2.24, 2.45) is 0 Å². The largest absolute Gasteiger partial charge is 0.497 e. The lowest BCUT2D eigenvalue weighted by Crippen LogP contribution is -2.16. The molecule has 23 heavy (non-hydrogen) atoms. The molecule has 0 aromatic heterocycles. The number of methoxy groups -OCH3 is 1. The van der Waals surface area contributed by atoms with Crippen LogP contribution >= 0.6 is 12.0 Å². The van der Waals surface area contributed by atoms with E-state index in [0.29, 0.717) is 18.1 Å². The zero-order valence-corrected chi connectivity index (χ0v) is 13.9. The van der Waals surface area contributed by atoms with Crippen LogP contribution < -0.4 is 4.74 Å². The number of nitrogens with zero attached hydrogens (tertiary/aromatic N) is 1. The van der Waals surface area contributed by atoms with Gasteiger partial charge in [-0.25, -0.2) is 0 Å². The van der Waals surface area contributed by atoms with Gasteiger partial charge in [-0.2, -0.15) is 4.28 Å². The summed E-state index contributed by atoms with van der Waals surface area (Å²) >= 11 is 1.18. The number of ether oxygens (including phenoxy) is 1. The average Bonchev–Trinajstić information content (AvgIpc) is 2.98. The number of hydrogen-bond acceptors (Lipinski definition) is 6. The minimum absolute atomic E-state index is 0.237. The van der Waals surface area contributed by atoms with Gasteiger partial charge in [-0.05, 0) is 41.8 Å². The van der Waals surface area contributed by atoms with Crippen molar-refractivity contribution >= 4 is 24.1 Å². The van der Waals surface area contributed by atoms with Gasteiger partial charge < -0.3 is 14.7 Å². The molecule has 2 rings (SSSR count). The van der Waals surface area contributed by atoms with Crippen molar-refractivity contribution in [1.82, 2.24) is 5.23 Å². The summed E-state index contributed by atoms with van der Waals surface area (Å²) in [5.74, 6) is 0.0776. The highest BCUT2D eigenvalue weighted by atomic mass is 32.2. The molecule has 0 aliphatic carbocycles. The lowest BCUT2D eigenvalue weighted by molar-refractivity contribution is -0.259. The van der Waals surface area contributed by atoms with E-state index in [1.807, 2.05) is 30.3 Å². The molecule has 0 radical (unpaired) electrons. The number of hydroxylamine groups is 2. The van der Waals surface area contributed by atoms with Crippen LogP contribution in [0, 0.1) is 0 Å². The van der Waals surface area contributed by atoms with Crippen LogP contribution in [0.3, 0.4) is 0 Å². The number of carboxylic acid groups (broad SMARTS) is 1. The predicted octanol–water partition coefficient (Wildman–Crippen LogP) is 3.86. The second-order valence-electron chi connectivity index (χ2n) is 5.10. The van der Waals surface area contributed by atoms with Crippen molar-refractivity contribution in [3.63, 3.8) is 0 Å². The second kappa shape index (κ2) is 9.44. The molecule has 126 valence electrons. The molecule has 0 saturated carbocycles. The molecule has 1 aromatic rings. The summed E-state index contributed by atoms with van der Waals surface area (Å²) in [5, 5.41) is 10.7. The number of carboxylic acids is 1. The van der Waals surface area contributed by atoms with Crippen molar-refractivity contribution in [3.05, 3.63) is 34.9 Å². The van der Waals surface area contributed by atoms with Crippen LogP contribution in [0.15, 0.2) is 29.4 Å². The Morgan fingerprint density at radius 2 is 2.00 bits per heavy atom. The summed E-state index contributed by atoms with van der Waals surface area (Å²) in [6.07, 6.45) is 5.61. The average molecular weight is 339 g/mol. The molecule has 1 fully saturated rings. The van der Waals surface area contributed by atoms with Gasteiger partial charge in [0.2, 0.25) is 5.09 Å². The molecule has 0 atom stereocenters. The van der Waals surface area contributed by atoms with Gasteiger partial charge in [0.1, 0.15) is 5.75 Å². The van der Waals surface area contributed by atoms with Crippen molar-refractivity contribution in [2.45, 2.75) is 32.1 Å². The maximum absolute atomic E-state index is 10.4. The fraction of sp³-hybridized carbons (Fsp3) is 0.438. The first-order chi connectivity index (χ1) is 11.2. The smallest absolute Gasteiger partial charge is 0.303 e. The standard InChI is InChI=1S/C16H21NO5S/c1-20-14-9-7-13(8-10-14)12-16-21-17(22-23-16)11-5-3-2-4-6-15(18)19/h7-10,12H,2-6,11H2,1H3,(H,18,19). The molecule has 0 amide bonds. The first kappa shape index (κ1) is 17.7. The summed E-state index contributed by atoms with van der Waals surface area (Å²) in [4.78, 5) is 16.0. The van der Waals surface area contributed by atoms with Gasteiger partial charge in [-0.3, -0.25) is 4.79 Å². The third-order valence-electron chi connectivity index (χ3n) is 3.28. The fourth-order valence-corrected chi connectivity index (χ4v) is 2.61. The Morgan fingerprint density at radius 1 is 1.26 bits per heavy atom. The normalized spacial score (nSPS) is 16.5. The Hall–Kier alpha value is -1.70. The van der Waals surface area contributed by atoms with E-state index in [4.69, 9.17) is 19.0 Å². The number of benzene rings is 1. The molecule has 1 aliphatic heterocycles. The van der Waals surface area contributed by atoms with E-state index in [0.717, 1.165) is 30.6 Å². The van der Waals surface area contributed by atoms with Crippen LogP contribution in [0.4, 0.5) is 0 Å². The monoisotopic (exact) mass is 339 g/mol. The van der Waals surface area contributed by atoms with Crippen LogP contribution in [0.5, 0.6) is 5.75 Å². The van der Waals surface area contributed by atoms with Gasteiger partial charge in [-0.1, -0.05) is 25.0 Å². The number of hydrogen-bond donors (Lipinski definition) is 1. The second-order valence-corrected chi connectivity index (χ2v) is 5.82. The summed E-state index contributed by atoms with van der Waals surface area (Å²) in [6, 6.07) is 7.67. The van der Waals surface area contributed by atoms with Crippen LogP contribution in [0.1, 0.15) is 37.7 Å². The Labute approximate surface area is 140 Å². The van der Waals surface area contributed by atoms with E-state index in [-0.39, 0.29) is 6.42 Å². The predicted molar refractivity (Wildman–Crippen MR) is 88.2 cm³/mol. The Morgan fingerprint density at radius 3 is 2.70 bits per heavy atom. The molecule has 6 nitrogen and oxygen atoms in total. The maximum Gasteiger partial charge on any atom is 0.303 e. The van der Waals surface area contributed by atoms with Crippen LogP contribution in [-0.4, -0.2) is 30.0 Å². The Bertz CT molecular complexity index is 532. The first-order valence-corrected chi connectivity index (χ1v) is 8.29. The lowest BCUT2D eigenvalue weighted by atomic mass is 10.1. The van der Waals surface area contributed by atoms with E-state index in [1.165, 1.54) is 17.3 Å². The summed E-state index contributed by atoms with van der Waals surface area (Å²) in [7, 11) is 1.64. The zero-order chi connectivity index (χ0) is 16.5. The highest BCUT2D eigenvalue weighted by molar-refractivity contribution is 7.98. The first-order valence-electron chi connectivity index (χ1n) is 7.55. The van der Waals surface area contributed by atoms with Gasteiger partial charge in [0, 0.05) is 6.42 Å². The molecular formula is C16H21NO5S. The minimum atomic E-state index is -0.735. The van der Waals surface area contributed by atoms with Crippen LogP contribution in [0.2, 0.25) is 0 Å². The molecule has 1 saturated heterocycles. The summed E-state index contributed by atoms with van der Waals surface area (Å²) in [6.45, 7) is 0.653. The van der Waals surface area contributed by atoms with E-state index in [9.17, 15) is 4.79 Å². The van der Waals surface area contributed by atoms with Crippen molar-refractivity contribution in [3.8, 4) is 5.75 Å². The van der Waals surface area contributed by atoms with Gasteiger partial charge in [0.15, 0.2) is 0 Å². The third-order valence-corrected chi connectivity index (χ3v) is 3.87. The van der Waals surface area contributed by atoms with Gasteiger partial charge >= 0.3 is 5.97 Å². The molecule has 7 heteroatoms. The molecule has 0 bridgehead atoms. The van der Waals surface area contributed by atoms with Gasteiger partial charge in [0.25, 0.3) is 0 Å². The zero-order valence-electron chi connectivity index (χ0n) is 13.1. The number of unbranched alkanes of at least 4 members (excludes halogenated alkanes) is 3. The lowest BCUT2D eigenvalue weighted by Gasteiger charge is -2.09. The maximum atomic E-state index is 10.4. The highest BCUT2D eigenvalue weighted by Crippen LogP contribution is 2.31. The molecule has 1 aliphatic rings. The SMILES string of the molecule is COc1ccc(C=C2ON(CCCCCCC(=O)O)OS2)cc1. The van der Waals surface area contributed by atoms with E-state index >= 15 is 0 Å². The molecule has 1 heterocycles. The molecule has 0 unspecified atom stereocenters. The number of aliphatic carboxylic acids is 1. The van der Waals surface area contributed by atoms with Crippen LogP contribution in [-0.2, 0) is 13.9 Å². The highest BCUT2D eigenvalue weighted by Gasteiger charge is 2.20. The van der Waals surface area contributed by atoms with Crippen molar-refractivity contribution < 1.29 is 23.8 Å². The summed E-state index contributed by atoms with van der Waals surface area (Å²) < 4.78 is 10.5. The number of rotatable bonds is 9. The molecule has 1 aromatic carbocycles. The Balaban J connectivity index is 1.67. The minimum Gasteiger partial charge on any atom is -0.497 e. The molecule has 0 spiro atoms. The van der Waals surface area contributed by atoms with Crippen molar-refractivity contribution in [2.75, 3.05) is 13.7 Å². The third kappa shape index (κ3) is 6.52. The van der Waals surface area contributed by atoms with E-state index in [1.54, 1.807) is 7.11 Å². The van der Waals surface area contributed by atoms with Crippen molar-refractivity contribution in [1.29, 1.82) is 0 Å². The van der Waals surface area contributed by atoms with Gasteiger partial charge in [0.05, 0.1) is 25.7 Å². The molecular weight excluding hydrogens is 318 g/mol. The fourth-order valence-electron chi connectivity index (χ4n) is 2.05. The summed E-state index contributed by atoms with van der Waals surface area (Å²) in [5.41, 5.74) is 1.01. The van der Waals surface area contributed by atoms with E-state index in [2.05, 4.69) is 0 Å². The number of carbonyl (C=O) groups is 1. The van der Waals surface area contributed by atoms with Crippen LogP contribution in [0.25, 0.3) is 6.08 Å². The van der Waals surface area contributed by atoms with Gasteiger partial charge in [-0.15, -0.1) is 0 Å². The topological polar surface area (TPSA) is 68.2 Å².